The van der Waals surface area contributed by atoms with Gasteiger partial charge in [0.1, 0.15) is 0 Å². The maximum atomic E-state index is 10.1. The van der Waals surface area contributed by atoms with Gasteiger partial charge in [0.15, 0.2) is 0 Å². The van der Waals surface area contributed by atoms with Crippen molar-refractivity contribution in [1.82, 2.24) is 0 Å². The molecule has 4 rings (SSSR count). The molecule has 3 nitrogen and oxygen atoms in total. The zero-order valence-electron chi connectivity index (χ0n) is 13.5. The molecule has 0 heterocycles. The summed E-state index contributed by atoms with van der Waals surface area (Å²) < 4.78 is 0. The monoisotopic (exact) mass is 304 g/mol. The van der Waals surface area contributed by atoms with Gasteiger partial charge in [-0.15, -0.1) is 0 Å². The average Bonchev–Trinajstić information content (AvgIpc) is 2.91. The van der Waals surface area contributed by atoms with Gasteiger partial charge in [-0.05, 0) is 63.2 Å². The van der Waals surface area contributed by atoms with Gasteiger partial charge in [-0.3, -0.25) is 0 Å². The van der Waals surface area contributed by atoms with Crippen LogP contribution in [-0.2, 0) is 0 Å². The molecule has 4 aliphatic carbocycles. The molecule has 22 heavy (non-hydrogen) atoms. The first-order chi connectivity index (χ1) is 10.4. The van der Waals surface area contributed by atoms with Crippen molar-refractivity contribution in [2.75, 3.05) is 0 Å². The Hall–Kier alpha value is -0.640. The Balaban J connectivity index is 1.81. The predicted molar refractivity (Wildman–Crippen MR) is 84.6 cm³/mol. The lowest BCUT2D eigenvalue weighted by atomic mass is 9.52. The third kappa shape index (κ3) is 1.79. The Morgan fingerprint density at radius 3 is 2.68 bits per heavy atom. The summed E-state index contributed by atoms with van der Waals surface area (Å²) in [5.41, 5.74) is 2.46. The van der Waals surface area contributed by atoms with Crippen molar-refractivity contribution in [2.45, 2.75) is 70.7 Å². The molecule has 3 heteroatoms. The van der Waals surface area contributed by atoms with Crippen LogP contribution in [0.4, 0.5) is 0 Å². The lowest BCUT2D eigenvalue weighted by Gasteiger charge is -2.53. The van der Waals surface area contributed by atoms with Crippen LogP contribution in [0, 0.1) is 22.7 Å². The molecular weight excluding hydrogens is 276 g/mol. The van der Waals surface area contributed by atoms with Crippen molar-refractivity contribution in [3.8, 4) is 0 Å². The second-order valence-corrected chi connectivity index (χ2v) is 8.24. The van der Waals surface area contributed by atoms with E-state index in [0.717, 1.165) is 38.0 Å². The molecule has 0 aromatic heterocycles. The average molecular weight is 304 g/mol. The molecule has 0 saturated heterocycles. The molecule has 0 bridgehead atoms. The molecule has 0 amide bonds. The van der Waals surface area contributed by atoms with Crippen molar-refractivity contribution < 1.29 is 15.3 Å². The lowest BCUT2D eigenvalue weighted by molar-refractivity contribution is -0.382. The van der Waals surface area contributed by atoms with Crippen molar-refractivity contribution in [3.05, 3.63) is 23.3 Å². The van der Waals surface area contributed by atoms with E-state index in [0.29, 0.717) is 6.42 Å². The largest absolute Gasteiger partial charge is 0.343 e. The van der Waals surface area contributed by atoms with Crippen LogP contribution in [0.3, 0.4) is 0 Å². The first-order valence-electron chi connectivity index (χ1n) is 8.96. The fourth-order valence-corrected chi connectivity index (χ4v) is 6.29. The Morgan fingerprint density at radius 2 is 1.91 bits per heavy atom. The first kappa shape index (κ1) is 14.9. The van der Waals surface area contributed by atoms with Gasteiger partial charge in [-0.2, -0.15) is 0 Å². The molecule has 3 N–H and O–H groups in total. The predicted octanol–water partition coefficient (Wildman–Crippen LogP) is 3.26. The van der Waals surface area contributed by atoms with Crippen molar-refractivity contribution >= 4 is 0 Å². The molecule has 1 unspecified atom stereocenters. The molecule has 0 radical (unpaired) electrons. The molecule has 4 atom stereocenters. The minimum absolute atomic E-state index is 0.157. The number of allylic oxidation sites excluding steroid dienone is 4. The van der Waals surface area contributed by atoms with Gasteiger partial charge in [0, 0.05) is 5.41 Å². The normalized spacial score (nSPS) is 44.5. The molecule has 0 spiro atoms. The highest BCUT2D eigenvalue weighted by molar-refractivity contribution is 5.38. The van der Waals surface area contributed by atoms with Crippen LogP contribution < -0.4 is 0 Å². The van der Waals surface area contributed by atoms with Gasteiger partial charge in [0.25, 0.3) is 5.97 Å². The van der Waals surface area contributed by atoms with E-state index in [1.54, 1.807) is 5.57 Å². The van der Waals surface area contributed by atoms with Gasteiger partial charge < -0.3 is 15.3 Å². The summed E-state index contributed by atoms with van der Waals surface area (Å²) in [5, 5.41) is 30.2. The van der Waals surface area contributed by atoms with E-state index in [2.05, 4.69) is 19.1 Å². The van der Waals surface area contributed by atoms with Crippen LogP contribution in [0.2, 0.25) is 0 Å². The van der Waals surface area contributed by atoms with Gasteiger partial charge in [-0.1, -0.05) is 36.6 Å². The maximum absolute atomic E-state index is 10.1. The Kier molecular flexibility index (Phi) is 3.18. The van der Waals surface area contributed by atoms with E-state index in [4.69, 9.17) is 0 Å². The van der Waals surface area contributed by atoms with Crippen LogP contribution >= 0.6 is 0 Å². The second kappa shape index (κ2) is 4.68. The topological polar surface area (TPSA) is 60.7 Å². The van der Waals surface area contributed by atoms with Crippen molar-refractivity contribution in [3.63, 3.8) is 0 Å². The Bertz CT molecular complexity index is 541. The fourth-order valence-electron chi connectivity index (χ4n) is 6.29. The van der Waals surface area contributed by atoms with Gasteiger partial charge in [0.05, 0.1) is 5.41 Å². The number of aliphatic hydroxyl groups is 3. The van der Waals surface area contributed by atoms with E-state index < -0.39 is 11.4 Å². The van der Waals surface area contributed by atoms with Gasteiger partial charge in [-0.25, -0.2) is 0 Å². The molecule has 1 saturated carbocycles. The van der Waals surface area contributed by atoms with E-state index in [9.17, 15) is 15.3 Å². The standard InChI is InChI=1S/C19H28O3/c1-17-10-3-2-5-13(17)7-8-14-15(17)9-12-18(19(20,21)22)11-4-6-16(14)18/h3,10,13,16,20-22H,2,4-9,11-12H2,1H3/t13?,16-,17-,18+/m0/s1. The second-order valence-electron chi connectivity index (χ2n) is 8.24. The summed E-state index contributed by atoms with van der Waals surface area (Å²) in [4.78, 5) is 0. The van der Waals surface area contributed by atoms with Gasteiger partial charge in [0.2, 0.25) is 0 Å². The SMILES string of the molecule is C[C@]12C=CCCC1CCC1=C2CC[C@]2(C(O)(O)O)CCC[C@@H]12. The molecule has 0 aliphatic heterocycles. The smallest absolute Gasteiger partial charge is 0.281 e. The first-order valence-corrected chi connectivity index (χ1v) is 8.96. The van der Waals surface area contributed by atoms with E-state index in [1.165, 1.54) is 24.8 Å². The number of fused-ring (bicyclic) bond motifs is 4. The van der Waals surface area contributed by atoms with Crippen LogP contribution in [-0.4, -0.2) is 21.3 Å². The lowest BCUT2D eigenvalue weighted by Crippen LogP contribution is -2.53. The Morgan fingerprint density at radius 1 is 1.09 bits per heavy atom. The quantitative estimate of drug-likeness (QED) is 0.515. The zero-order valence-corrected chi connectivity index (χ0v) is 13.5. The van der Waals surface area contributed by atoms with Crippen LogP contribution in [0.25, 0.3) is 0 Å². The highest BCUT2D eigenvalue weighted by Crippen LogP contribution is 2.64. The number of hydrogen-bond acceptors (Lipinski definition) is 3. The van der Waals surface area contributed by atoms with E-state index in [1.807, 2.05) is 0 Å². The highest BCUT2D eigenvalue weighted by atomic mass is 16.7. The minimum atomic E-state index is -2.53. The van der Waals surface area contributed by atoms with Crippen LogP contribution in [0.5, 0.6) is 0 Å². The molecule has 0 aromatic rings. The van der Waals surface area contributed by atoms with E-state index in [-0.39, 0.29) is 11.3 Å². The van der Waals surface area contributed by atoms with Crippen LogP contribution in [0.1, 0.15) is 64.7 Å². The molecule has 0 aromatic carbocycles. The number of hydrogen-bond donors (Lipinski definition) is 3. The number of rotatable bonds is 1. The Labute approximate surface area is 132 Å². The third-order valence-corrected chi connectivity index (χ3v) is 7.49. The van der Waals surface area contributed by atoms with E-state index >= 15 is 0 Å². The summed E-state index contributed by atoms with van der Waals surface area (Å²) >= 11 is 0. The summed E-state index contributed by atoms with van der Waals surface area (Å²) in [6.45, 7) is 2.38. The summed E-state index contributed by atoms with van der Waals surface area (Å²) in [7, 11) is 0. The highest BCUT2D eigenvalue weighted by Gasteiger charge is 2.60. The molecule has 122 valence electrons. The third-order valence-electron chi connectivity index (χ3n) is 7.49. The minimum Gasteiger partial charge on any atom is -0.343 e. The molecular formula is C19H28O3. The maximum Gasteiger partial charge on any atom is 0.281 e. The van der Waals surface area contributed by atoms with Crippen molar-refractivity contribution in [2.24, 2.45) is 22.7 Å². The summed E-state index contributed by atoms with van der Waals surface area (Å²) in [6, 6.07) is 0. The van der Waals surface area contributed by atoms with Crippen molar-refractivity contribution in [1.29, 1.82) is 0 Å². The summed E-state index contributed by atoms with van der Waals surface area (Å²) in [6.07, 6.45) is 13.9. The van der Waals surface area contributed by atoms with Gasteiger partial charge >= 0.3 is 0 Å². The fraction of sp³-hybridized carbons (Fsp3) is 0.789. The summed E-state index contributed by atoms with van der Waals surface area (Å²) in [5.74, 6) is -1.64. The van der Waals surface area contributed by atoms with Crippen LogP contribution in [0.15, 0.2) is 23.3 Å². The zero-order chi connectivity index (χ0) is 15.6. The molecule has 1 fully saturated rings. The molecule has 4 aliphatic rings.